The van der Waals surface area contributed by atoms with Crippen LogP contribution in [0.4, 0.5) is 18.9 Å². The van der Waals surface area contributed by atoms with E-state index in [0.717, 1.165) is 18.3 Å². The maximum atomic E-state index is 12.8. The summed E-state index contributed by atoms with van der Waals surface area (Å²) in [5.74, 6) is -0.900. The number of carbonyl (C=O) groups excluding carboxylic acids is 1. The number of benzene rings is 2. The number of nitrogens with zero attached hydrogens (tertiary/aromatic N) is 2. The first-order valence-corrected chi connectivity index (χ1v) is 6.54. The van der Waals surface area contributed by atoms with Crippen molar-refractivity contribution >= 4 is 17.8 Å². The number of hydrogen-bond donors (Lipinski definition) is 1. The minimum absolute atomic E-state index is 0.243. The molecular formula is C15H10F3N3O3. The first-order chi connectivity index (χ1) is 11.3. The molecule has 124 valence electrons. The van der Waals surface area contributed by atoms with E-state index in [9.17, 15) is 28.1 Å². The summed E-state index contributed by atoms with van der Waals surface area (Å²) >= 11 is 0. The predicted octanol–water partition coefficient (Wildman–Crippen LogP) is 3.38. The van der Waals surface area contributed by atoms with E-state index < -0.39 is 28.3 Å². The second-order valence-electron chi connectivity index (χ2n) is 4.56. The van der Waals surface area contributed by atoms with Gasteiger partial charge in [-0.1, -0.05) is 30.3 Å². The number of para-hydroxylation sites is 1. The summed E-state index contributed by atoms with van der Waals surface area (Å²) < 4.78 is 38.5. The summed E-state index contributed by atoms with van der Waals surface area (Å²) in [4.78, 5) is 22.0. The SMILES string of the molecule is O=C(N/N=C/c1ccccc1C(F)(F)F)c1ccccc1[N+](=O)[O-]. The summed E-state index contributed by atoms with van der Waals surface area (Å²) in [6.45, 7) is 0. The quantitative estimate of drug-likeness (QED) is 0.527. The second-order valence-corrected chi connectivity index (χ2v) is 4.56. The van der Waals surface area contributed by atoms with Crippen LogP contribution in [-0.2, 0) is 6.18 Å². The lowest BCUT2D eigenvalue weighted by Gasteiger charge is -2.09. The molecule has 2 rings (SSSR count). The van der Waals surface area contributed by atoms with Crippen LogP contribution in [0.2, 0.25) is 0 Å². The van der Waals surface area contributed by atoms with Gasteiger partial charge in [0.15, 0.2) is 0 Å². The van der Waals surface area contributed by atoms with Crippen molar-refractivity contribution in [3.05, 3.63) is 75.3 Å². The largest absolute Gasteiger partial charge is 0.417 e. The van der Waals surface area contributed by atoms with Gasteiger partial charge in [-0.2, -0.15) is 18.3 Å². The summed E-state index contributed by atoms with van der Waals surface area (Å²) in [5, 5.41) is 14.3. The lowest BCUT2D eigenvalue weighted by atomic mass is 10.1. The zero-order valence-electron chi connectivity index (χ0n) is 11.9. The topological polar surface area (TPSA) is 84.6 Å². The van der Waals surface area contributed by atoms with Crippen molar-refractivity contribution in [1.29, 1.82) is 0 Å². The smallest absolute Gasteiger partial charge is 0.267 e. The van der Waals surface area contributed by atoms with Gasteiger partial charge in [-0.15, -0.1) is 0 Å². The average molecular weight is 337 g/mol. The van der Waals surface area contributed by atoms with E-state index in [1.165, 1.54) is 36.4 Å². The van der Waals surface area contributed by atoms with Crippen LogP contribution >= 0.6 is 0 Å². The van der Waals surface area contributed by atoms with Crippen LogP contribution < -0.4 is 5.43 Å². The van der Waals surface area contributed by atoms with E-state index in [0.29, 0.717) is 0 Å². The highest BCUT2D eigenvalue weighted by Crippen LogP contribution is 2.31. The van der Waals surface area contributed by atoms with Gasteiger partial charge in [0, 0.05) is 11.6 Å². The fourth-order valence-corrected chi connectivity index (χ4v) is 1.91. The molecule has 1 N–H and O–H groups in total. The number of nitrogens with one attached hydrogen (secondary N) is 1. The minimum Gasteiger partial charge on any atom is -0.267 e. The van der Waals surface area contributed by atoms with E-state index in [2.05, 4.69) is 5.10 Å². The third-order valence-electron chi connectivity index (χ3n) is 2.98. The summed E-state index contributed by atoms with van der Waals surface area (Å²) in [6.07, 6.45) is -3.74. The monoisotopic (exact) mass is 337 g/mol. The van der Waals surface area contributed by atoms with E-state index in [1.54, 1.807) is 0 Å². The van der Waals surface area contributed by atoms with Crippen molar-refractivity contribution in [1.82, 2.24) is 5.43 Å². The molecule has 0 spiro atoms. The molecule has 0 atom stereocenters. The van der Waals surface area contributed by atoms with Gasteiger partial charge in [0.2, 0.25) is 0 Å². The molecule has 0 saturated carbocycles. The Balaban J connectivity index is 2.19. The van der Waals surface area contributed by atoms with Gasteiger partial charge >= 0.3 is 6.18 Å². The predicted molar refractivity (Wildman–Crippen MR) is 79.6 cm³/mol. The average Bonchev–Trinajstić information content (AvgIpc) is 2.54. The van der Waals surface area contributed by atoms with Gasteiger partial charge in [-0.25, -0.2) is 5.43 Å². The number of rotatable bonds is 4. The number of halogens is 3. The van der Waals surface area contributed by atoms with Crippen LogP contribution in [0.15, 0.2) is 53.6 Å². The minimum atomic E-state index is -4.56. The lowest BCUT2D eigenvalue weighted by Crippen LogP contribution is -2.19. The molecule has 2 aromatic rings. The van der Waals surface area contributed by atoms with E-state index in [4.69, 9.17) is 0 Å². The molecule has 0 aliphatic carbocycles. The highest BCUT2D eigenvalue weighted by atomic mass is 19.4. The Morgan fingerprint density at radius 3 is 2.42 bits per heavy atom. The van der Waals surface area contributed by atoms with Crippen LogP contribution in [0, 0.1) is 10.1 Å². The number of hydrogen-bond acceptors (Lipinski definition) is 4. The van der Waals surface area contributed by atoms with Crippen LogP contribution in [0.1, 0.15) is 21.5 Å². The van der Waals surface area contributed by atoms with Gasteiger partial charge in [-0.05, 0) is 12.1 Å². The normalized spacial score (nSPS) is 11.5. The molecule has 0 radical (unpaired) electrons. The van der Waals surface area contributed by atoms with Crippen molar-refractivity contribution in [3.8, 4) is 0 Å². The first kappa shape index (κ1) is 17.1. The zero-order chi connectivity index (χ0) is 17.7. The second kappa shape index (κ2) is 6.90. The van der Waals surface area contributed by atoms with E-state index >= 15 is 0 Å². The number of hydrazone groups is 1. The highest BCUT2D eigenvalue weighted by molar-refractivity contribution is 5.98. The van der Waals surface area contributed by atoms with Crippen LogP contribution in [0.5, 0.6) is 0 Å². The van der Waals surface area contributed by atoms with Gasteiger partial charge in [-0.3, -0.25) is 14.9 Å². The Bertz CT molecular complexity index is 804. The number of nitro benzene ring substituents is 1. The van der Waals surface area contributed by atoms with Gasteiger partial charge < -0.3 is 0 Å². The molecule has 0 aromatic heterocycles. The molecule has 2 aromatic carbocycles. The maximum Gasteiger partial charge on any atom is 0.417 e. The van der Waals surface area contributed by atoms with Crippen molar-refractivity contribution in [2.45, 2.75) is 6.18 Å². The molecule has 0 bridgehead atoms. The molecule has 6 nitrogen and oxygen atoms in total. The molecular weight excluding hydrogens is 327 g/mol. The molecule has 9 heteroatoms. The molecule has 0 heterocycles. The third kappa shape index (κ3) is 3.94. The summed E-state index contributed by atoms with van der Waals surface area (Å²) in [7, 11) is 0. The Morgan fingerprint density at radius 1 is 1.12 bits per heavy atom. The zero-order valence-corrected chi connectivity index (χ0v) is 11.9. The lowest BCUT2D eigenvalue weighted by molar-refractivity contribution is -0.385. The van der Waals surface area contributed by atoms with Crippen molar-refractivity contribution in [2.24, 2.45) is 5.10 Å². The molecule has 0 aliphatic rings. The van der Waals surface area contributed by atoms with Crippen molar-refractivity contribution in [2.75, 3.05) is 0 Å². The first-order valence-electron chi connectivity index (χ1n) is 6.54. The molecule has 24 heavy (non-hydrogen) atoms. The Kier molecular flexibility index (Phi) is 4.93. The fraction of sp³-hybridized carbons (Fsp3) is 0.0667. The van der Waals surface area contributed by atoms with Crippen molar-refractivity contribution in [3.63, 3.8) is 0 Å². The Morgan fingerprint density at radius 2 is 1.75 bits per heavy atom. The van der Waals surface area contributed by atoms with Crippen LogP contribution in [0.25, 0.3) is 0 Å². The number of carbonyl (C=O) groups is 1. The number of amides is 1. The van der Waals surface area contributed by atoms with E-state index in [1.807, 2.05) is 5.43 Å². The highest BCUT2D eigenvalue weighted by Gasteiger charge is 2.32. The maximum absolute atomic E-state index is 12.8. The van der Waals surface area contributed by atoms with Gasteiger partial charge in [0.1, 0.15) is 5.56 Å². The Labute approximate surface area is 133 Å². The standard InChI is InChI=1S/C15H10F3N3O3/c16-15(17,18)12-7-3-1-5-10(12)9-19-20-14(22)11-6-2-4-8-13(11)21(23)24/h1-9H,(H,20,22)/b19-9+. The molecule has 0 unspecified atom stereocenters. The molecule has 1 amide bonds. The Hall–Kier alpha value is -3.23. The molecule has 0 fully saturated rings. The summed E-state index contributed by atoms with van der Waals surface area (Å²) in [6, 6.07) is 9.84. The fourth-order valence-electron chi connectivity index (χ4n) is 1.91. The number of nitro groups is 1. The molecule has 0 aliphatic heterocycles. The van der Waals surface area contributed by atoms with Crippen LogP contribution in [-0.4, -0.2) is 17.0 Å². The van der Waals surface area contributed by atoms with E-state index in [-0.39, 0.29) is 11.1 Å². The summed E-state index contributed by atoms with van der Waals surface area (Å²) in [5.41, 5.74) is 0.152. The molecule has 0 saturated heterocycles. The number of alkyl halides is 3. The van der Waals surface area contributed by atoms with Crippen LogP contribution in [0.3, 0.4) is 0 Å². The van der Waals surface area contributed by atoms with Gasteiger partial charge in [0.25, 0.3) is 11.6 Å². The third-order valence-corrected chi connectivity index (χ3v) is 2.98. The van der Waals surface area contributed by atoms with Gasteiger partial charge in [0.05, 0.1) is 16.7 Å². The van der Waals surface area contributed by atoms with Crippen molar-refractivity contribution < 1.29 is 22.9 Å².